The molecule has 0 spiro atoms. The number of hydroxylamine groups is 1. The average Bonchev–Trinajstić information content (AvgIpc) is 3.36. The Bertz CT molecular complexity index is 782. The summed E-state index contributed by atoms with van der Waals surface area (Å²) in [4.78, 5) is 30.1. The van der Waals surface area contributed by atoms with Crippen LogP contribution in [0.3, 0.4) is 0 Å². The number of hydrogen-bond donors (Lipinski definition) is 4. The third kappa shape index (κ3) is 4.40. The number of aliphatic hydroxyl groups excluding tert-OH is 1. The Hall–Kier alpha value is -1.74. The average molecular weight is 405 g/mol. The van der Waals surface area contributed by atoms with Crippen molar-refractivity contribution in [2.75, 3.05) is 6.61 Å². The lowest BCUT2D eigenvalue weighted by Crippen LogP contribution is -2.45. The van der Waals surface area contributed by atoms with Gasteiger partial charge in [-0.3, -0.25) is 19.7 Å². The highest BCUT2D eigenvalue weighted by molar-refractivity contribution is 5.94. The molecule has 2 saturated carbocycles. The standard InChI is InChI=1S/C21H32N4O4/c1-2-18-23-20(24-29-18)14-3-6-16-13(11-14)4-7-17(16)22-21(28)15-5-8-19(27)25(12-15)9-10-26/h5,8,12-14,16-18,20,23-24,26H,2-4,6-7,9-11H2,1H3,(H,22,28)/t13?,14?,16?,17-,18?,20?/m1/s1. The molecule has 3 fully saturated rings. The summed E-state index contributed by atoms with van der Waals surface area (Å²) in [6.45, 7) is 2.17. The van der Waals surface area contributed by atoms with Gasteiger partial charge in [-0.15, -0.1) is 0 Å². The van der Waals surface area contributed by atoms with Crippen LogP contribution in [0.1, 0.15) is 55.8 Å². The van der Waals surface area contributed by atoms with Crippen molar-refractivity contribution in [2.45, 2.75) is 70.4 Å². The predicted molar refractivity (Wildman–Crippen MR) is 108 cm³/mol. The number of pyridine rings is 1. The molecule has 4 rings (SSSR count). The lowest BCUT2D eigenvalue weighted by Gasteiger charge is -2.36. The van der Waals surface area contributed by atoms with Gasteiger partial charge in [0.15, 0.2) is 0 Å². The van der Waals surface area contributed by atoms with E-state index < -0.39 is 0 Å². The maximum Gasteiger partial charge on any atom is 0.252 e. The molecule has 160 valence electrons. The molecule has 29 heavy (non-hydrogen) atoms. The quantitative estimate of drug-likeness (QED) is 0.563. The van der Waals surface area contributed by atoms with Crippen LogP contribution >= 0.6 is 0 Å². The maximum atomic E-state index is 12.8. The van der Waals surface area contributed by atoms with E-state index in [4.69, 9.17) is 9.94 Å². The highest BCUT2D eigenvalue weighted by Gasteiger charge is 2.43. The Balaban J connectivity index is 1.34. The van der Waals surface area contributed by atoms with E-state index in [9.17, 15) is 9.59 Å². The van der Waals surface area contributed by atoms with Crippen molar-refractivity contribution in [2.24, 2.45) is 17.8 Å². The first-order chi connectivity index (χ1) is 14.1. The van der Waals surface area contributed by atoms with Crippen molar-refractivity contribution in [1.82, 2.24) is 20.7 Å². The van der Waals surface area contributed by atoms with Crippen LogP contribution in [0.15, 0.2) is 23.1 Å². The smallest absolute Gasteiger partial charge is 0.252 e. The fraction of sp³-hybridized carbons (Fsp3) is 0.714. The molecule has 8 nitrogen and oxygen atoms in total. The number of aromatic nitrogens is 1. The van der Waals surface area contributed by atoms with Gasteiger partial charge in [-0.25, -0.2) is 0 Å². The van der Waals surface area contributed by atoms with Crippen LogP contribution < -0.4 is 21.7 Å². The van der Waals surface area contributed by atoms with E-state index in [0.717, 1.165) is 38.5 Å². The summed E-state index contributed by atoms with van der Waals surface area (Å²) in [6.07, 6.45) is 8.35. The molecule has 2 aliphatic carbocycles. The molecule has 3 aliphatic rings. The van der Waals surface area contributed by atoms with Gasteiger partial charge in [-0.1, -0.05) is 6.92 Å². The van der Waals surface area contributed by atoms with E-state index >= 15 is 0 Å². The van der Waals surface area contributed by atoms with Gasteiger partial charge in [-0.2, -0.15) is 5.48 Å². The molecule has 2 heterocycles. The van der Waals surface area contributed by atoms with Gasteiger partial charge in [0, 0.05) is 24.8 Å². The largest absolute Gasteiger partial charge is 0.395 e. The topological polar surface area (TPSA) is 105 Å². The molecule has 1 aromatic heterocycles. The summed E-state index contributed by atoms with van der Waals surface area (Å²) >= 11 is 0. The number of hydrogen-bond acceptors (Lipinski definition) is 6. The first-order valence-corrected chi connectivity index (χ1v) is 10.9. The second-order valence-electron chi connectivity index (χ2n) is 8.60. The molecule has 1 aromatic rings. The molecule has 1 amide bonds. The first-order valence-electron chi connectivity index (χ1n) is 10.9. The van der Waals surface area contributed by atoms with Crippen LogP contribution in [0.4, 0.5) is 0 Å². The summed E-state index contributed by atoms with van der Waals surface area (Å²) in [5, 5.41) is 15.8. The number of amides is 1. The van der Waals surface area contributed by atoms with Gasteiger partial charge in [0.1, 0.15) is 6.23 Å². The minimum Gasteiger partial charge on any atom is -0.395 e. The Kier molecular flexibility index (Phi) is 6.34. The Morgan fingerprint density at radius 1 is 1.28 bits per heavy atom. The third-order valence-corrected chi connectivity index (χ3v) is 6.90. The molecule has 0 aromatic carbocycles. The van der Waals surface area contributed by atoms with Crippen LogP contribution in [-0.4, -0.2) is 40.6 Å². The summed E-state index contributed by atoms with van der Waals surface area (Å²) in [5.74, 6) is 1.57. The second-order valence-corrected chi connectivity index (χ2v) is 8.60. The van der Waals surface area contributed by atoms with Crippen LogP contribution in [0, 0.1) is 17.8 Å². The minimum atomic E-state index is -0.210. The van der Waals surface area contributed by atoms with Crippen molar-refractivity contribution in [3.05, 3.63) is 34.2 Å². The number of fused-ring (bicyclic) bond motifs is 1. The van der Waals surface area contributed by atoms with E-state index in [1.807, 2.05) is 0 Å². The molecule has 1 aliphatic heterocycles. The summed E-state index contributed by atoms with van der Waals surface area (Å²) < 4.78 is 1.38. The minimum absolute atomic E-state index is 0.0995. The Labute approximate surface area is 171 Å². The van der Waals surface area contributed by atoms with Crippen molar-refractivity contribution in [3.63, 3.8) is 0 Å². The Morgan fingerprint density at radius 3 is 2.86 bits per heavy atom. The van der Waals surface area contributed by atoms with Crippen molar-refractivity contribution < 1.29 is 14.7 Å². The molecule has 0 radical (unpaired) electrons. The van der Waals surface area contributed by atoms with Gasteiger partial charge in [0.25, 0.3) is 11.5 Å². The number of rotatable bonds is 6. The van der Waals surface area contributed by atoms with Gasteiger partial charge in [0.05, 0.1) is 18.3 Å². The van der Waals surface area contributed by atoms with Crippen molar-refractivity contribution in [1.29, 1.82) is 0 Å². The second kappa shape index (κ2) is 8.95. The molecular formula is C21H32N4O4. The molecule has 0 bridgehead atoms. The van der Waals surface area contributed by atoms with Gasteiger partial charge >= 0.3 is 0 Å². The summed E-state index contributed by atoms with van der Waals surface area (Å²) in [6, 6.07) is 3.15. The van der Waals surface area contributed by atoms with Crippen LogP contribution in [-0.2, 0) is 11.4 Å². The number of carbonyl (C=O) groups excluding carboxylic acids is 1. The zero-order valence-corrected chi connectivity index (χ0v) is 17.0. The predicted octanol–water partition coefficient (Wildman–Crippen LogP) is 0.952. The zero-order chi connectivity index (χ0) is 20.4. The van der Waals surface area contributed by atoms with E-state index in [2.05, 4.69) is 23.0 Å². The number of carbonyl (C=O) groups is 1. The summed E-state index contributed by atoms with van der Waals surface area (Å²) in [7, 11) is 0. The zero-order valence-electron chi connectivity index (χ0n) is 17.0. The Morgan fingerprint density at radius 2 is 2.10 bits per heavy atom. The van der Waals surface area contributed by atoms with Crippen molar-refractivity contribution in [3.8, 4) is 0 Å². The maximum absolute atomic E-state index is 12.8. The van der Waals surface area contributed by atoms with Crippen LogP contribution in [0.5, 0.6) is 0 Å². The monoisotopic (exact) mass is 404 g/mol. The first kappa shape index (κ1) is 20.5. The summed E-state index contributed by atoms with van der Waals surface area (Å²) in [5.41, 5.74) is 3.43. The fourth-order valence-electron chi connectivity index (χ4n) is 5.33. The lowest BCUT2D eigenvalue weighted by molar-refractivity contribution is 0.0125. The molecule has 5 unspecified atom stereocenters. The lowest BCUT2D eigenvalue weighted by atomic mass is 9.74. The normalized spacial score (nSPS) is 34.1. The van der Waals surface area contributed by atoms with Gasteiger partial charge in [-0.05, 0) is 62.3 Å². The van der Waals surface area contributed by atoms with E-state index in [-0.39, 0.29) is 43.1 Å². The van der Waals surface area contributed by atoms with Gasteiger partial charge < -0.3 is 15.0 Å². The molecule has 8 heteroatoms. The molecular weight excluding hydrogens is 372 g/mol. The highest BCUT2D eigenvalue weighted by atomic mass is 16.7. The third-order valence-electron chi connectivity index (χ3n) is 6.90. The van der Waals surface area contributed by atoms with E-state index in [1.165, 1.54) is 10.6 Å². The van der Waals surface area contributed by atoms with Gasteiger partial charge in [0.2, 0.25) is 0 Å². The number of nitrogens with one attached hydrogen (secondary N) is 3. The van der Waals surface area contributed by atoms with Crippen molar-refractivity contribution >= 4 is 5.91 Å². The fourth-order valence-corrected chi connectivity index (χ4v) is 5.33. The molecule has 6 atom stereocenters. The van der Waals surface area contributed by atoms with E-state index in [0.29, 0.717) is 23.3 Å². The van der Waals surface area contributed by atoms with E-state index in [1.54, 1.807) is 12.3 Å². The SMILES string of the molecule is CCC1NC(C2CCC3C(CC[C@H]3NC(=O)c3ccc(=O)n(CCO)c3)C2)NO1. The molecule has 1 saturated heterocycles. The number of aliphatic hydroxyl groups is 1. The number of nitrogens with zero attached hydrogens (tertiary/aromatic N) is 1. The highest BCUT2D eigenvalue weighted by Crippen LogP contribution is 2.45. The van der Waals surface area contributed by atoms with Crippen LogP contribution in [0.25, 0.3) is 0 Å². The van der Waals surface area contributed by atoms with Crippen LogP contribution in [0.2, 0.25) is 0 Å². The molecule has 4 N–H and O–H groups in total.